The molecular weight excluding hydrogens is 262 g/mol. The normalized spacial score (nSPS) is 40.5. The van der Waals surface area contributed by atoms with Gasteiger partial charge in [-0.25, -0.2) is 8.42 Å². The lowest BCUT2D eigenvalue weighted by Gasteiger charge is -2.35. The second kappa shape index (κ2) is 6.10. The lowest BCUT2D eigenvalue weighted by Crippen LogP contribution is -2.49. The Morgan fingerprint density at radius 3 is 2.53 bits per heavy atom. The Hall–Kier alpha value is -0.130. The topological polar surface area (TPSA) is 69.4 Å². The summed E-state index contributed by atoms with van der Waals surface area (Å²) in [6.07, 6.45) is 5.37. The van der Waals surface area contributed by atoms with Gasteiger partial charge < -0.3 is 10.5 Å². The van der Waals surface area contributed by atoms with Crippen molar-refractivity contribution in [3.63, 3.8) is 0 Å². The van der Waals surface area contributed by atoms with Crippen LogP contribution in [0, 0.1) is 5.92 Å². The maximum Gasteiger partial charge on any atom is 0.160 e. The quantitative estimate of drug-likeness (QED) is 0.858. The van der Waals surface area contributed by atoms with E-state index < -0.39 is 9.84 Å². The molecule has 0 bridgehead atoms. The van der Waals surface area contributed by atoms with Gasteiger partial charge >= 0.3 is 0 Å². The second-order valence-corrected chi connectivity index (χ2v) is 8.55. The van der Waals surface area contributed by atoms with Crippen molar-refractivity contribution in [3.8, 4) is 0 Å². The third kappa shape index (κ3) is 3.14. The maximum absolute atomic E-state index is 12.8. The van der Waals surface area contributed by atoms with Crippen LogP contribution in [0.5, 0.6) is 0 Å². The number of hydrogen-bond acceptors (Lipinski definition) is 4. The molecule has 1 aliphatic heterocycles. The molecule has 0 spiro atoms. The van der Waals surface area contributed by atoms with E-state index in [1.807, 2.05) is 6.92 Å². The van der Waals surface area contributed by atoms with Crippen LogP contribution in [0.1, 0.15) is 52.4 Å². The SMILES string of the molecule is CCCC1CCC(N)C(S(=O)(=O)C2CCOC2C)C1. The van der Waals surface area contributed by atoms with E-state index in [-0.39, 0.29) is 22.6 Å². The van der Waals surface area contributed by atoms with Crippen molar-refractivity contribution in [2.24, 2.45) is 11.7 Å². The number of rotatable bonds is 4. The zero-order chi connectivity index (χ0) is 14.0. The number of sulfone groups is 1. The van der Waals surface area contributed by atoms with Gasteiger partial charge in [0.1, 0.15) is 0 Å². The first-order valence-corrected chi connectivity index (χ1v) is 9.17. The Bertz CT molecular complexity index is 395. The van der Waals surface area contributed by atoms with Crippen LogP contribution in [0.25, 0.3) is 0 Å². The van der Waals surface area contributed by atoms with Crippen molar-refractivity contribution in [3.05, 3.63) is 0 Å². The summed E-state index contributed by atoms with van der Waals surface area (Å²) in [5.74, 6) is 0.530. The number of ether oxygens (including phenoxy) is 1. The molecule has 1 saturated carbocycles. The van der Waals surface area contributed by atoms with Crippen LogP contribution in [0.15, 0.2) is 0 Å². The van der Waals surface area contributed by atoms with Gasteiger partial charge in [-0.05, 0) is 38.5 Å². The summed E-state index contributed by atoms with van der Waals surface area (Å²) in [4.78, 5) is 0. The highest BCUT2D eigenvalue weighted by molar-refractivity contribution is 7.92. The van der Waals surface area contributed by atoms with Crippen molar-refractivity contribution in [1.29, 1.82) is 0 Å². The summed E-state index contributed by atoms with van der Waals surface area (Å²) >= 11 is 0. The van der Waals surface area contributed by atoms with E-state index in [4.69, 9.17) is 10.5 Å². The van der Waals surface area contributed by atoms with Gasteiger partial charge in [-0.1, -0.05) is 19.8 Å². The Kier molecular flexibility index (Phi) is 4.90. The average molecular weight is 289 g/mol. The van der Waals surface area contributed by atoms with Crippen molar-refractivity contribution in [1.82, 2.24) is 0 Å². The van der Waals surface area contributed by atoms with E-state index in [1.165, 1.54) is 0 Å². The molecule has 1 heterocycles. The van der Waals surface area contributed by atoms with Crippen molar-refractivity contribution in [2.45, 2.75) is 75.0 Å². The van der Waals surface area contributed by atoms with E-state index >= 15 is 0 Å². The molecule has 0 aromatic carbocycles. The van der Waals surface area contributed by atoms with Crippen molar-refractivity contribution in [2.75, 3.05) is 6.61 Å². The minimum absolute atomic E-state index is 0.177. The van der Waals surface area contributed by atoms with Crippen LogP contribution in [0.3, 0.4) is 0 Å². The Balaban J connectivity index is 2.13. The van der Waals surface area contributed by atoms with Crippen LogP contribution >= 0.6 is 0 Å². The van der Waals surface area contributed by atoms with E-state index in [0.717, 1.165) is 32.1 Å². The first kappa shape index (κ1) is 15.3. The molecule has 2 fully saturated rings. The molecule has 5 unspecified atom stereocenters. The molecule has 4 nitrogen and oxygen atoms in total. The van der Waals surface area contributed by atoms with Gasteiger partial charge in [0.15, 0.2) is 9.84 Å². The molecule has 1 saturated heterocycles. The van der Waals surface area contributed by atoms with Gasteiger partial charge in [-0.2, -0.15) is 0 Å². The van der Waals surface area contributed by atoms with Crippen molar-refractivity contribution >= 4 is 9.84 Å². The summed E-state index contributed by atoms with van der Waals surface area (Å²) in [6.45, 7) is 4.59. The highest BCUT2D eigenvalue weighted by atomic mass is 32.2. The largest absolute Gasteiger partial charge is 0.377 e. The summed E-state index contributed by atoms with van der Waals surface area (Å²) in [5, 5.41) is -0.698. The summed E-state index contributed by atoms with van der Waals surface area (Å²) in [6, 6.07) is -0.189. The fraction of sp³-hybridized carbons (Fsp3) is 1.00. The van der Waals surface area contributed by atoms with E-state index in [9.17, 15) is 8.42 Å². The first-order chi connectivity index (χ1) is 8.96. The Labute approximate surface area is 117 Å². The third-order valence-corrected chi connectivity index (χ3v) is 7.65. The van der Waals surface area contributed by atoms with Gasteiger partial charge in [0.05, 0.1) is 16.6 Å². The molecule has 0 aromatic rings. The molecule has 5 heteroatoms. The highest BCUT2D eigenvalue weighted by Gasteiger charge is 2.45. The molecule has 0 amide bonds. The van der Waals surface area contributed by atoms with Crippen LogP contribution in [-0.2, 0) is 14.6 Å². The van der Waals surface area contributed by atoms with Gasteiger partial charge in [-0.3, -0.25) is 0 Å². The smallest absolute Gasteiger partial charge is 0.160 e. The maximum atomic E-state index is 12.8. The lowest BCUT2D eigenvalue weighted by atomic mass is 9.83. The summed E-state index contributed by atoms with van der Waals surface area (Å²) in [7, 11) is -3.16. The van der Waals surface area contributed by atoms with E-state index in [1.54, 1.807) is 0 Å². The number of hydrogen-bond donors (Lipinski definition) is 1. The van der Waals surface area contributed by atoms with Gasteiger partial charge in [-0.15, -0.1) is 0 Å². The Morgan fingerprint density at radius 1 is 1.21 bits per heavy atom. The minimum Gasteiger partial charge on any atom is -0.377 e. The second-order valence-electron chi connectivity index (χ2n) is 6.16. The molecule has 5 atom stereocenters. The predicted octanol–water partition coefficient (Wildman–Crippen LogP) is 1.87. The molecule has 0 aromatic heterocycles. The van der Waals surface area contributed by atoms with Gasteiger partial charge in [0.2, 0.25) is 0 Å². The van der Waals surface area contributed by atoms with Crippen LogP contribution < -0.4 is 5.73 Å². The van der Waals surface area contributed by atoms with Gasteiger partial charge in [0.25, 0.3) is 0 Å². The number of nitrogens with two attached hydrogens (primary N) is 1. The highest BCUT2D eigenvalue weighted by Crippen LogP contribution is 2.35. The first-order valence-electron chi connectivity index (χ1n) is 7.56. The molecule has 2 aliphatic rings. The Morgan fingerprint density at radius 2 is 1.95 bits per heavy atom. The van der Waals surface area contributed by atoms with Crippen LogP contribution in [-0.4, -0.2) is 37.7 Å². The molecule has 1 aliphatic carbocycles. The fourth-order valence-electron chi connectivity index (χ4n) is 3.65. The van der Waals surface area contributed by atoms with Gasteiger partial charge in [0, 0.05) is 12.6 Å². The average Bonchev–Trinajstić information content (AvgIpc) is 2.79. The monoisotopic (exact) mass is 289 g/mol. The van der Waals surface area contributed by atoms with E-state index in [2.05, 4.69) is 6.92 Å². The summed E-state index contributed by atoms with van der Waals surface area (Å²) in [5.41, 5.74) is 6.12. The summed E-state index contributed by atoms with van der Waals surface area (Å²) < 4.78 is 31.0. The fourth-order valence-corrected chi connectivity index (χ4v) is 6.30. The molecule has 19 heavy (non-hydrogen) atoms. The lowest BCUT2D eigenvalue weighted by molar-refractivity contribution is 0.126. The molecule has 2 N–H and O–H groups in total. The van der Waals surface area contributed by atoms with Crippen molar-refractivity contribution < 1.29 is 13.2 Å². The molecule has 0 radical (unpaired) electrons. The molecular formula is C14H27NO3S. The van der Waals surface area contributed by atoms with Crippen LogP contribution in [0.2, 0.25) is 0 Å². The van der Waals surface area contributed by atoms with Crippen LogP contribution in [0.4, 0.5) is 0 Å². The minimum atomic E-state index is -3.16. The zero-order valence-electron chi connectivity index (χ0n) is 12.0. The molecule has 112 valence electrons. The predicted molar refractivity (Wildman–Crippen MR) is 76.8 cm³/mol. The molecule has 2 rings (SSSR count). The zero-order valence-corrected chi connectivity index (χ0v) is 12.9. The third-order valence-electron chi connectivity index (χ3n) is 4.80. The standard InChI is InChI=1S/C14H27NO3S/c1-3-4-11-5-6-12(15)14(9-11)19(16,17)13-7-8-18-10(13)2/h10-14H,3-9,15H2,1-2H3. The van der Waals surface area contributed by atoms with E-state index in [0.29, 0.717) is 18.9 Å².